The minimum absolute atomic E-state index is 0.207. The summed E-state index contributed by atoms with van der Waals surface area (Å²) in [5.41, 5.74) is 2.44. The molecule has 0 unspecified atom stereocenters. The van der Waals surface area contributed by atoms with E-state index in [1.807, 2.05) is 42.7 Å². The summed E-state index contributed by atoms with van der Waals surface area (Å²) in [7, 11) is 0. The number of hydrogen-bond acceptors (Lipinski definition) is 2. The zero-order valence-corrected chi connectivity index (χ0v) is 10.2. The van der Waals surface area contributed by atoms with Gasteiger partial charge in [-0.15, -0.1) is 11.8 Å². The Morgan fingerprint density at radius 1 is 0.882 bits per heavy atom. The molecule has 2 heteroatoms. The van der Waals surface area contributed by atoms with E-state index in [0.29, 0.717) is 5.75 Å². The maximum absolute atomic E-state index is 10.4. The Morgan fingerprint density at radius 3 is 1.76 bits per heavy atom. The first-order valence-electron chi connectivity index (χ1n) is 5.48. The molecule has 1 nitrogen and oxygen atoms in total. The monoisotopic (exact) mass is 241 g/mol. The molecule has 2 aromatic rings. The molecule has 0 atom stereocenters. The van der Waals surface area contributed by atoms with Crippen molar-refractivity contribution in [2.45, 2.75) is 5.25 Å². The summed E-state index contributed by atoms with van der Waals surface area (Å²) in [5, 5.41) is 0.207. The van der Waals surface area contributed by atoms with E-state index in [0.717, 1.165) is 0 Å². The van der Waals surface area contributed by atoms with Gasteiger partial charge in [-0.2, -0.15) is 0 Å². The smallest absolute Gasteiger partial charge is 0.209 e. The van der Waals surface area contributed by atoms with Crippen molar-refractivity contribution in [1.29, 1.82) is 0 Å². The van der Waals surface area contributed by atoms with Gasteiger partial charge in [0.1, 0.15) is 0 Å². The highest BCUT2D eigenvalue weighted by Gasteiger charge is 2.13. The first kappa shape index (κ1) is 11.9. The van der Waals surface area contributed by atoms with Crippen LogP contribution in [0.15, 0.2) is 60.7 Å². The van der Waals surface area contributed by atoms with Crippen molar-refractivity contribution in [3.05, 3.63) is 71.8 Å². The molecular formula is C15H13OS. The van der Waals surface area contributed by atoms with Crippen LogP contribution in [0.3, 0.4) is 0 Å². The van der Waals surface area contributed by atoms with E-state index in [1.165, 1.54) is 11.1 Å². The van der Waals surface area contributed by atoms with Gasteiger partial charge >= 0.3 is 0 Å². The Labute approximate surface area is 106 Å². The zero-order chi connectivity index (χ0) is 11.9. The molecule has 85 valence electrons. The number of hydrogen-bond donors (Lipinski definition) is 0. The molecule has 0 N–H and O–H groups in total. The quantitative estimate of drug-likeness (QED) is 0.795. The largest absolute Gasteiger partial charge is 0.290 e. The third-order valence-corrected chi connectivity index (χ3v) is 3.68. The lowest BCUT2D eigenvalue weighted by Crippen LogP contribution is -1.98. The molecule has 2 rings (SSSR count). The fraction of sp³-hybridized carbons (Fsp3) is 0.133. The van der Waals surface area contributed by atoms with Gasteiger partial charge in [-0.1, -0.05) is 60.7 Å². The SMILES string of the molecule is O=[C]CSC(c1ccccc1)c1ccccc1. The average molecular weight is 241 g/mol. The van der Waals surface area contributed by atoms with Gasteiger partial charge < -0.3 is 0 Å². The van der Waals surface area contributed by atoms with Crippen LogP contribution in [0.25, 0.3) is 0 Å². The topological polar surface area (TPSA) is 17.1 Å². The Morgan fingerprint density at radius 2 is 1.35 bits per heavy atom. The van der Waals surface area contributed by atoms with Gasteiger partial charge in [-0.05, 0) is 11.1 Å². The molecule has 0 saturated heterocycles. The van der Waals surface area contributed by atoms with Crippen LogP contribution in [-0.2, 0) is 4.79 Å². The van der Waals surface area contributed by atoms with E-state index < -0.39 is 0 Å². The highest BCUT2D eigenvalue weighted by molar-refractivity contribution is 8.00. The van der Waals surface area contributed by atoms with Gasteiger partial charge in [0.2, 0.25) is 6.29 Å². The fourth-order valence-corrected chi connectivity index (χ4v) is 2.69. The zero-order valence-electron chi connectivity index (χ0n) is 9.37. The van der Waals surface area contributed by atoms with Crippen LogP contribution in [0.2, 0.25) is 0 Å². The molecule has 0 bridgehead atoms. The number of carbonyl (C=O) groups excluding carboxylic acids is 1. The molecule has 1 radical (unpaired) electrons. The van der Waals surface area contributed by atoms with Crippen LogP contribution in [0.5, 0.6) is 0 Å². The molecule has 0 aliphatic carbocycles. The standard InChI is InChI=1S/C15H13OS/c16-11-12-17-15(13-7-3-1-4-8-13)14-9-5-2-6-10-14/h1-10,15H,12H2. The highest BCUT2D eigenvalue weighted by Crippen LogP contribution is 2.34. The number of benzene rings is 2. The summed E-state index contributed by atoms with van der Waals surface area (Å²) in [6, 6.07) is 20.5. The summed E-state index contributed by atoms with van der Waals surface area (Å²) >= 11 is 1.60. The Balaban J connectivity index is 2.29. The molecule has 0 heterocycles. The first-order valence-corrected chi connectivity index (χ1v) is 6.53. The van der Waals surface area contributed by atoms with Crippen molar-refractivity contribution < 1.29 is 4.79 Å². The van der Waals surface area contributed by atoms with Crippen molar-refractivity contribution in [2.75, 3.05) is 5.75 Å². The highest BCUT2D eigenvalue weighted by atomic mass is 32.2. The van der Waals surface area contributed by atoms with Crippen molar-refractivity contribution in [3.63, 3.8) is 0 Å². The van der Waals surface area contributed by atoms with E-state index >= 15 is 0 Å². The predicted molar refractivity (Wildman–Crippen MR) is 72.9 cm³/mol. The summed E-state index contributed by atoms with van der Waals surface area (Å²) in [4.78, 5) is 10.4. The van der Waals surface area contributed by atoms with Crippen molar-refractivity contribution >= 4 is 18.0 Å². The molecule has 0 aromatic heterocycles. The Kier molecular flexibility index (Phi) is 4.39. The lowest BCUT2D eigenvalue weighted by Gasteiger charge is -2.16. The van der Waals surface area contributed by atoms with Crippen LogP contribution >= 0.6 is 11.8 Å². The molecule has 0 amide bonds. The van der Waals surface area contributed by atoms with Crippen LogP contribution in [0.1, 0.15) is 16.4 Å². The maximum atomic E-state index is 10.4. The molecule has 0 saturated carbocycles. The van der Waals surface area contributed by atoms with E-state index in [4.69, 9.17) is 0 Å². The van der Waals surface area contributed by atoms with Crippen LogP contribution in [0, 0.1) is 0 Å². The molecule has 0 aliphatic rings. The van der Waals surface area contributed by atoms with Crippen molar-refractivity contribution in [3.8, 4) is 0 Å². The van der Waals surface area contributed by atoms with Crippen molar-refractivity contribution in [1.82, 2.24) is 0 Å². The van der Waals surface area contributed by atoms with Gasteiger partial charge in [0.25, 0.3) is 0 Å². The lowest BCUT2D eigenvalue weighted by atomic mass is 10.0. The third kappa shape index (κ3) is 3.21. The van der Waals surface area contributed by atoms with Crippen molar-refractivity contribution in [2.24, 2.45) is 0 Å². The molecular weight excluding hydrogens is 228 g/mol. The van der Waals surface area contributed by atoms with E-state index in [-0.39, 0.29) is 5.25 Å². The summed E-state index contributed by atoms with van der Waals surface area (Å²) in [5.74, 6) is 0.397. The minimum atomic E-state index is 0.207. The third-order valence-electron chi connectivity index (χ3n) is 2.51. The predicted octanol–water partition coefficient (Wildman–Crippen LogP) is 3.62. The summed E-state index contributed by atoms with van der Waals surface area (Å²) in [6.07, 6.45) is 1.95. The molecule has 2 aromatic carbocycles. The van der Waals surface area contributed by atoms with Crippen LogP contribution in [-0.4, -0.2) is 12.0 Å². The average Bonchev–Trinajstić information content (AvgIpc) is 2.42. The minimum Gasteiger partial charge on any atom is -0.290 e. The van der Waals surface area contributed by atoms with Gasteiger partial charge in [0, 0.05) is 0 Å². The second-order valence-electron chi connectivity index (χ2n) is 3.66. The van der Waals surface area contributed by atoms with E-state index in [1.54, 1.807) is 11.8 Å². The molecule has 17 heavy (non-hydrogen) atoms. The van der Waals surface area contributed by atoms with Crippen LogP contribution in [0.4, 0.5) is 0 Å². The number of rotatable bonds is 5. The lowest BCUT2D eigenvalue weighted by molar-refractivity contribution is 0.560. The van der Waals surface area contributed by atoms with Gasteiger partial charge in [0.05, 0.1) is 11.0 Å². The van der Waals surface area contributed by atoms with Gasteiger partial charge in [-0.3, -0.25) is 4.79 Å². The normalized spacial score (nSPS) is 10.4. The fourth-order valence-electron chi connectivity index (χ4n) is 1.76. The molecule has 0 fully saturated rings. The molecule has 0 aliphatic heterocycles. The number of thioether (sulfide) groups is 1. The molecule has 0 spiro atoms. The summed E-state index contributed by atoms with van der Waals surface area (Å²) in [6.45, 7) is 0. The second kappa shape index (κ2) is 6.26. The second-order valence-corrected chi connectivity index (χ2v) is 4.75. The first-order chi connectivity index (χ1) is 8.42. The van der Waals surface area contributed by atoms with Crippen LogP contribution < -0.4 is 0 Å². The maximum Gasteiger partial charge on any atom is 0.209 e. The van der Waals surface area contributed by atoms with Gasteiger partial charge in [0.15, 0.2) is 0 Å². The van der Waals surface area contributed by atoms with Gasteiger partial charge in [-0.25, -0.2) is 0 Å². The van der Waals surface area contributed by atoms with E-state index in [2.05, 4.69) is 24.3 Å². The summed E-state index contributed by atoms with van der Waals surface area (Å²) < 4.78 is 0. The van der Waals surface area contributed by atoms with E-state index in [9.17, 15) is 4.79 Å². The Hall–Kier alpha value is -1.54. The Bertz CT molecular complexity index is 413.